The number of esters is 3. The van der Waals surface area contributed by atoms with Gasteiger partial charge >= 0.3 is 17.9 Å². The summed E-state index contributed by atoms with van der Waals surface area (Å²) >= 11 is 12.7. The van der Waals surface area contributed by atoms with Crippen molar-refractivity contribution in [2.45, 2.75) is 59.5 Å². The van der Waals surface area contributed by atoms with Crippen LogP contribution in [0.2, 0.25) is 10.0 Å². The minimum atomic E-state index is -0.896. The van der Waals surface area contributed by atoms with Crippen LogP contribution in [0.25, 0.3) is 0 Å². The van der Waals surface area contributed by atoms with Crippen LogP contribution in [-0.2, 0) is 28.6 Å². The van der Waals surface area contributed by atoms with E-state index in [4.69, 9.17) is 37.4 Å². The third-order valence-electron chi connectivity index (χ3n) is 4.70. The molecule has 0 fully saturated rings. The highest BCUT2D eigenvalue weighted by Gasteiger charge is 2.39. The molecule has 9 heteroatoms. The van der Waals surface area contributed by atoms with E-state index in [1.54, 1.807) is 45.9 Å². The molecule has 0 bridgehead atoms. The van der Waals surface area contributed by atoms with Gasteiger partial charge in [0.1, 0.15) is 0 Å². The van der Waals surface area contributed by atoms with Crippen molar-refractivity contribution in [2.24, 2.45) is 0 Å². The van der Waals surface area contributed by atoms with Gasteiger partial charge in [0.15, 0.2) is 0 Å². The molecule has 0 amide bonds. The van der Waals surface area contributed by atoms with Crippen LogP contribution in [0.1, 0.15) is 58.9 Å². The normalized spacial score (nSPS) is 16.1. The van der Waals surface area contributed by atoms with E-state index in [1.165, 1.54) is 0 Å². The number of carbonyl (C=O) groups excluding carboxylic acids is 3. The van der Waals surface area contributed by atoms with Gasteiger partial charge in [-0.1, -0.05) is 42.3 Å². The first-order chi connectivity index (χ1) is 15.1. The number of rotatable bonds is 8. The van der Waals surface area contributed by atoms with E-state index in [-0.39, 0.29) is 33.7 Å². The number of benzene rings is 1. The first-order valence-electron chi connectivity index (χ1n) is 10.2. The monoisotopic (exact) mass is 483 g/mol. The van der Waals surface area contributed by atoms with Crippen LogP contribution in [0, 0.1) is 0 Å². The number of allylic oxidation sites excluding steroid dienone is 2. The van der Waals surface area contributed by atoms with Gasteiger partial charge < -0.3 is 19.5 Å². The van der Waals surface area contributed by atoms with Gasteiger partial charge in [-0.25, -0.2) is 9.59 Å². The Hall–Kier alpha value is -2.51. The fourth-order valence-electron chi connectivity index (χ4n) is 3.37. The molecule has 0 aliphatic carbocycles. The van der Waals surface area contributed by atoms with Crippen LogP contribution in [0.5, 0.6) is 0 Å². The molecule has 1 aliphatic rings. The smallest absolute Gasteiger partial charge is 0.339 e. The molecule has 0 saturated heterocycles. The second-order valence-electron chi connectivity index (χ2n) is 7.55. The minimum absolute atomic E-state index is 0.141. The summed E-state index contributed by atoms with van der Waals surface area (Å²) in [5.74, 6) is -2.73. The molecule has 1 aliphatic heterocycles. The lowest BCUT2D eigenvalue weighted by Crippen LogP contribution is -2.33. The van der Waals surface area contributed by atoms with Crippen molar-refractivity contribution in [3.05, 3.63) is 56.3 Å². The predicted molar refractivity (Wildman–Crippen MR) is 121 cm³/mol. The highest BCUT2D eigenvalue weighted by molar-refractivity contribution is 6.42. The Balaban J connectivity index is 2.49. The number of hydrogen-bond donors (Lipinski definition) is 1. The van der Waals surface area contributed by atoms with Crippen LogP contribution >= 0.6 is 23.2 Å². The van der Waals surface area contributed by atoms with E-state index in [9.17, 15) is 14.4 Å². The van der Waals surface area contributed by atoms with Gasteiger partial charge in [-0.3, -0.25) is 4.79 Å². The Morgan fingerprint density at radius 1 is 1.03 bits per heavy atom. The molecule has 174 valence electrons. The molecule has 7 nitrogen and oxygen atoms in total. The minimum Gasteiger partial charge on any atom is -0.460 e. The molecule has 0 spiro atoms. The molecule has 1 aromatic carbocycles. The second kappa shape index (κ2) is 11.4. The Morgan fingerprint density at radius 2 is 1.66 bits per heavy atom. The first kappa shape index (κ1) is 25.7. The van der Waals surface area contributed by atoms with Crippen molar-refractivity contribution < 1.29 is 28.6 Å². The molecule has 1 aromatic rings. The van der Waals surface area contributed by atoms with Gasteiger partial charge in [0.25, 0.3) is 0 Å². The topological polar surface area (TPSA) is 90.9 Å². The summed E-state index contributed by atoms with van der Waals surface area (Å²) in [6.45, 7) is 8.14. The van der Waals surface area contributed by atoms with Crippen LogP contribution in [-0.4, -0.2) is 30.8 Å². The van der Waals surface area contributed by atoms with Gasteiger partial charge in [0, 0.05) is 17.8 Å². The van der Waals surface area contributed by atoms with Gasteiger partial charge in [-0.15, -0.1) is 0 Å². The fraction of sp³-hybridized carbons (Fsp3) is 0.435. The summed E-state index contributed by atoms with van der Waals surface area (Å²) in [5.41, 5.74) is 1.78. The van der Waals surface area contributed by atoms with Crippen molar-refractivity contribution in [2.75, 3.05) is 6.79 Å². The Labute approximate surface area is 197 Å². The maximum Gasteiger partial charge on any atom is 0.339 e. The fourth-order valence-corrected chi connectivity index (χ4v) is 3.79. The van der Waals surface area contributed by atoms with Gasteiger partial charge in [0.2, 0.25) is 6.79 Å². The highest BCUT2D eigenvalue weighted by atomic mass is 35.5. The van der Waals surface area contributed by atoms with Gasteiger partial charge in [0.05, 0.1) is 33.2 Å². The quantitative estimate of drug-likeness (QED) is 0.409. The summed E-state index contributed by atoms with van der Waals surface area (Å²) in [5, 5.41) is 3.52. The molecular formula is C23H27Cl2NO6. The maximum absolute atomic E-state index is 13.1. The van der Waals surface area contributed by atoms with Crippen LogP contribution < -0.4 is 5.32 Å². The van der Waals surface area contributed by atoms with Crippen molar-refractivity contribution in [1.82, 2.24) is 5.32 Å². The van der Waals surface area contributed by atoms with Crippen LogP contribution in [0.15, 0.2) is 40.7 Å². The first-order valence-corrected chi connectivity index (χ1v) is 11.0. The van der Waals surface area contributed by atoms with E-state index in [1.807, 2.05) is 6.92 Å². The summed E-state index contributed by atoms with van der Waals surface area (Å²) in [6, 6.07) is 4.97. The standard InChI is InChI=1S/C23H27Cl2NO6/c1-6-8-17(27)30-11-31-22(28)18-13(4)26-14(5)19(23(29)32-12(2)3)20(18)15-9-7-10-16(24)21(15)25/h7,9-10,12,20,26H,6,8,11H2,1-5H3. The Kier molecular flexibility index (Phi) is 9.16. The number of dihydropyridines is 1. The average molecular weight is 484 g/mol. The molecule has 1 N–H and O–H groups in total. The summed E-state index contributed by atoms with van der Waals surface area (Å²) in [4.78, 5) is 37.7. The zero-order chi connectivity index (χ0) is 24.0. The molecule has 2 rings (SSSR count). The number of hydrogen-bond acceptors (Lipinski definition) is 7. The van der Waals surface area contributed by atoms with Crippen molar-refractivity contribution >= 4 is 41.1 Å². The Morgan fingerprint density at radius 3 is 2.25 bits per heavy atom. The van der Waals surface area contributed by atoms with Crippen molar-refractivity contribution in [3.8, 4) is 0 Å². The molecule has 0 radical (unpaired) electrons. The van der Waals surface area contributed by atoms with Gasteiger partial charge in [-0.2, -0.15) is 0 Å². The zero-order valence-corrected chi connectivity index (χ0v) is 20.2. The molecule has 32 heavy (non-hydrogen) atoms. The number of carbonyl (C=O) groups is 3. The van der Waals surface area contributed by atoms with E-state index in [0.717, 1.165) is 0 Å². The van der Waals surface area contributed by atoms with E-state index < -0.39 is 30.6 Å². The maximum atomic E-state index is 13.1. The van der Waals surface area contributed by atoms with E-state index in [0.29, 0.717) is 23.4 Å². The SMILES string of the molecule is CCCC(=O)OCOC(=O)C1=C(C)NC(C)=C(C(=O)OC(C)C)C1c1cccc(Cl)c1Cl. The molecule has 1 atom stereocenters. The number of ether oxygens (including phenoxy) is 3. The molecule has 1 unspecified atom stereocenters. The lowest BCUT2D eigenvalue weighted by molar-refractivity contribution is -0.164. The molecule has 1 heterocycles. The lowest BCUT2D eigenvalue weighted by atomic mass is 9.80. The zero-order valence-electron chi connectivity index (χ0n) is 18.7. The largest absolute Gasteiger partial charge is 0.460 e. The second-order valence-corrected chi connectivity index (χ2v) is 8.33. The average Bonchev–Trinajstić information content (AvgIpc) is 2.69. The Bertz CT molecular complexity index is 967. The van der Waals surface area contributed by atoms with Crippen molar-refractivity contribution in [3.63, 3.8) is 0 Å². The van der Waals surface area contributed by atoms with Gasteiger partial charge in [-0.05, 0) is 45.7 Å². The third kappa shape index (κ3) is 6.04. The predicted octanol–water partition coefficient (Wildman–Crippen LogP) is 5.02. The molecular weight excluding hydrogens is 457 g/mol. The summed E-state index contributed by atoms with van der Waals surface area (Å²) in [6.07, 6.45) is 0.454. The van der Waals surface area contributed by atoms with Crippen LogP contribution in [0.3, 0.4) is 0 Å². The number of nitrogens with one attached hydrogen (secondary N) is 1. The highest BCUT2D eigenvalue weighted by Crippen LogP contribution is 2.43. The lowest BCUT2D eigenvalue weighted by Gasteiger charge is -2.31. The van der Waals surface area contributed by atoms with Crippen LogP contribution in [0.4, 0.5) is 0 Å². The molecule has 0 aromatic heterocycles. The summed E-state index contributed by atoms with van der Waals surface area (Å²) < 4.78 is 15.6. The van der Waals surface area contributed by atoms with E-state index in [2.05, 4.69) is 5.32 Å². The molecule has 0 saturated carbocycles. The third-order valence-corrected chi connectivity index (χ3v) is 5.53. The number of halogens is 2. The van der Waals surface area contributed by atoms with Crippen molar-refractivity contribution in [1.29, 1.82) is 0 Å². The summed E-state index contributed by atoms with van der Waals surface area (Å²) in [7, 11) is 0. The van der Waals surface area contributed by atoms with E-state index >= 15 is 0 Å².